The van der Waals surface area contributed by atoms with Crippen LogP contribution in [0.4, 0.5) is 0 Å². The summed E-state index contributed by atoms with van der Waals surface area (Å²) in [5.41, 5.74) is 6.21. The molecule has 0 aromatic carbocycles. The number of hydrogen-bond donors (Lipinski definition) is 1. The average Bonchev–Trinajstić information content (AvgIpc) is 3.07. The van der Waals surface area contributed by atoms with Gasteiger partial charge in [-0.2, -0.15) is 11.8 Å². The van der Waals surface area contributed by atoms with Gasteiger partial charge in [-0.25, -0.2) is 0 Å². The summed E-state index contributed by atoms with van der Waals surface area (Å²) in [6, 6.07) is 0. The van der Waals surface area contributed by atoms with Crippen LogP contribution >= 0.6 is 11.8 Å². The van der Waals surface area contributed by atoms with Gasteiger partial charge in [-0.15, -0.1) is 0 Å². The largest absolute Gasteiger partial charge is 0.380 e. The van der Waals surface area contributed by atoms with Gasteiger partial charge >= 0.3 is 0 Å². The lowest BCUT2D eigenvalue weighted by Gasteiger charge is -2.37. The van der Waals surface area contributed by atoms with Gasteiger partial charge in [0.25, 0.3) is 0 Å². The molecule has 1 heterocycles. The van der Waals surface area contributed by atoms with Crippen molar-refractivity contribution in [3.63, 3.8) is 0 Å². The molecule has 2 N–H and O–H groups in total. The van der Waals surface area contributed by atoms with Gasteiger partial charge in [0.15, 0.2) is 0 Å². The Morgan fingerprint density at radius 2 is 2.24 bits per heavy atom. The van der Waals surface area contributed by atoms with Crippen molar-refractivity contribution in [2.45, 2.75) is 37.0 Å². The van der Waals surface area contributed by atoms with E-state index >= 15 is 0 Å². The lowest BCUT2D eigenvalue weighted by Crippen LogP contribution is -2.53. The van der Waals surface area contributed by atoms with E-state index in [2.05, 4.69) is 18.9 Å². The summed E-state index contributed by atoms with van der Waals surface area (Å²) in [5.74, 6) is 2.04. The lowest BCUT2D eigenvalue weighted by atomic mass is 9.94. The van der Waals surface area contributed by atoms with E-state index in [-0.39, 0.29) is 5.54 Å². The molecule has 0 bridgehead atoms. The maximum Gasteiger partial charge on any atom is 0.0593 e. The van der Waals surface area contributed by atoms with E-state index in [1.54, 1.807) is 0 Å². The number of hydrogen-bond acceptors (Lipinski definition) is 4. The van der Waals surface area contributed by atoms with Gasteiger partial charge in [0, 0.05) is 36.2 Å². The zero-order valence-electron chi connectivity index (χ0n) is 11.2. The number of thioether (sulfide) groups is 1. The Kier molecular flexibility index (Phi) is 4.75. The minimum absolute atomic E-state index is 0.215. The standard InChI is InChI=1S/C13H26N2OS/c1-11-7-13(9-14,10-17-11)15(2)5-6-16-8-12-3-4-12/h11-12H,3-10,14H2,1-2H3. The predicted molar refractivity (Wildman–Crippen MR) is 74.5 cm³/mol. The zero-order chi connectivity index (χ0) is 12.3. The minimum Gasteiger partial charge on any atom is -0.380 e. The molecular weight excluding hydrogens is 232 g/mol. The SMILES string of the molecule is CC1CC(CN)(N(C)CCOCC2CC2)CS1. The summed E-state index contributed by atoms with van der Waals surface area (Å²) in [6.45, 7) is 5.91. The Labute approximate surface area is 109 Å². The summed E-state index contributed by atoms with van der Waals surface area (Å²) < 4.78 is 5.71. The predicted octanol–water partition coefficient (Wildman–Crippen LogP) is 1.57. The molecule has 1 saturated heterocycles. The van der Waals surface area contributed by atoms with Crippen LogP contribution in [0.2, 0.25) is 0 Å². The molecule has 100 valence electrons. The minimum atomic E-state index is 0.215. The summed E-state index contributed by atoms with van der Waals surface area (Å²) in [4.78, 5) is 2.43. The third-order valence-electron chi connectivity index (χ3n) is 4.12. The number of likely N-dealkylation sites (N-methyl/N-ethyl adjacent to an activating group) is 1. The molecule has 0 spiro atoms. The van der Waals surface area contributed by atoms with E-state index in [1.807, 2.05) is 11.8 Å². The second kappa shape index (κ2) is 5.91. The van der Waals surface area contributed by atoms with Gasteiger partial charge in [0.2, 0.25) is 0 Å². The van der Waals surface area contributed by atoms with Gasteiger partial charge < -0.3 is 10.5 Å². The van der Waals surface area contributed by atoms with Crippen molar-refractivity contribution in [1.82, 2.24) is 4.90 Å². The van der Waals surface area contributed by atoms with Crippen molar-refractivity contribution in [2.75, 3.05) is 39.1 Å². The van der Waals surface area contributed by atoms with Crippen LogP contribution in [-0.4, -0.2) is 54.8 Å². The third kappa shape index (κ3) is 3.60. The zero-order valence-corrected chi connectivity index (χ0v) is 12.0. The van der Waals surface area contributed by atoms with E-state index in [1.165, 1.54) is 25.0 Å². The molecule has 4 heteroatoms. The highest BCUT2D eigenvalue weighted by Crippen LogP contribution is 2.37. The molecule has 17 heavy (non-hydrogen) atoms. The maximum atomic E-state index is 6.00. The van der Waals surface area contributed by atoms with Gasteiger partial charge in [-0.05, 0) is 32.2 Å². The topological polar surface area (TPSA) is 38.5 Å². The number of nitrogens with two attached hydrogens (primary N) is 1. The van der Waals surface area contributed by atoms with Crippen LogP contribution < -0.4 is 5.73 Å². The third-order valence-corrected chi connectivity index (χ3v) is 5.55. The molecule has 1 aliphatic carbocycles. The van der Waals surface area contributed by atoms with Gasteiger partial charge in [0.1, 0.15) is 0 Å². The van der Waals surface area contributed by atoms with Crippen LogP contribution in [0.3, 0.4) is 0 Å². The Morgan fingerprint density at radius 3 is 2.76 bits per heavy atom. The first kappa shape index (κ1) is 13.7. The van der Waals surface area contributed by atoms with Gasteiger partial charge in [0.05, 0.1) is 6.61 Å². The quantitative estimate of drug-likeness (QED) is 0.704. The monoisotopic (exact) mass is 258 g/mol. The fourth-order valence-electron chi connectivity index (χ4n) is 2.49. The van der Waals surface area contributed by atoms with Crippen LogP contribution in [0.5, 0.6) is 0 Å². The molecule has 2 rings (SSSR count). The van der Waals surface area contributed by atoms with Crippen molar-refractivity contribution in [3.05, 3.63) is 0 Å². The van der Waals surface area contributed by atoms with Crippen LogP contribution in [0.25, 0.3) is 0 Å². The molecule has 0 amide bonds. The van der Waals surface area contributed by atoms with Crippen LogP contribution in [0, 0.1) is 5.92 Å². The van der Waals surface area contributed by atoms with E-state index in [0.29, 0.717) is 0 Å². The highest BCUT2D eigenvalue weighted by atomic mass is 32.2. The first-order valence-electron chi connectivity index (χ1n) is 6.77. The molecule has 2 fully saturated rings. The molecule has 3 nitrogen and oxygen atoms in total. The van der Waals surface area contributed by atoms with E-state index in [4.69, 9.17) is 10.5 Å². The summed E-state index contributed by atoms with van der Waals surface area (Å²) >= 11 is 2.05. The van der Waals surface area contributed by atoms with Crippen molar-refractivity contribution >= 4 is 11.8 Å². The molecular formula is C13H26N2OS. The van der Waals surface area contributed by atoms with Crippen LogP contribution in [0.15, 0.2) is 0 Å². The Balaban J connectivity index is 1.70. The summed E-state index contributed by atoms with van der Waals surface area (Å²) in [6.07, 6.45) is 3.96. The molecule has 0 radical (unpaired) electrons. The second-order valence-electron chi connectivity index (χ2n) is 5.69. The van der Waals surface area contributed by atoms with Gasteiger partial charge in [-0.1, -0.05) is 6.92 Å². The number of rotatable bonds is 7. The lowest BCUT2D eigenvalue weighted by molar-refractivity contribution is 0.0671. The molecule has 2 unspecified atom stereocenters. The van der Waals surface area contributed by atoms with Crippen LogP contribution in [-0.2, 0) is 4.74 Å². The van der Waals surface area contributed by atoms with Crippen molar-refractivity contribution in [3.8, 4) is 0 Å². The fourth-order valence-corrected chi connectivity index (χ4v) is 3.97. The number of ether oxygens (including phenoxy) is 1. The van der Waals surface area contributed by atoms with E-state index in [0.717, 1.165) is 37.5 Å². The van der Waals surface area contributed by atoms with Crippen molar-refractivity contribution in [1.29, 1.82) is 0 Å². The molecule has 2 atom stereocenters. The first-order valence-corrected chi connectivity index (χ1v) is 7.82. The molecule has 1 saturated carbocycles. The Bertz CT molecular complexity index is 248. The Morgan fingerprint density at radius 1 is 1.47 bits per heavy atom. The van der Waals surface area contributed by atoms with E-state index < -0.39 is 0 Å². The summed E-state index contributed by atoms with van der Waals surface area (Å²) in [7, 11) is 2.20. The molecule has 2 aliphatic rings. The highest BCUT2D eigenvalue weighted by molar-refractivity contribution is 8.00. The van der Waals surface area contributed by atoms with Gasteiger partial charge in [-0.3, -0.25) is 4.90 Å². The van der Waals surface area contributed by atoms with Crippen LogP contribution in [0.1, 0.15) is 26.2 Å². The number of nitrogens with zero attached hydrogens (tertiary/aromatic N) is 1. The van der Waals surface area contributed by atoms with E-state index in [9.17, 15) is 0 Å². The normalized spacial score (nSPS) is 33.5. The molecule has 0 aromatic rings. The highest BCUT2D eigenvalue weighted by Gasteiger charge is 2.40. The van der Waals surface area contributed by atoms with Crippen molar-refractivity contribution < 1.29 is 4.74 Å². The smallest absolute Gasteiger partial charge is 0.0593 e. The molecule has 0 aromatic heterocycles. The molecule has 1 aliphatic heterocycles. The maximum absolute atomic E-state index is 6.00. The average molecular weight is 258 g/mol. The second-order valence-corrected chi connectivity index (χ2v) is 7.12. The Hall–Kier alpha value is 0.230. The fraction of sp³-hybridized carbons (Fsp3) is 1.00. The first-order chi connectivity index (χ1) is 8.16. The van der Waals surface area contributed by atoms with Crippen molar-refractivity contribution in [2.24, 2.45) is 11.7 Å². The summed E-state index contributed by atoms with van der Waals surface area (Å²) in [5, 5.41) is 0.744.